The van der Waals surface area contributed by atoms with E-state index in [2.05, 4.69) is 11.0 Å². The molecule has 0 N–H and O–H groups in total. The second kappa shape index (κ2) is 10.8. The van der Waals surface area contributed by atoms with Gasteiger partial charge >= 0.3 is 0 Å². The molecule has 33 heavy (non-hydrogen) atoms. The molecule has 2 aromatic carbocycles. The van der Waals surface area contributed by atoms with Crippen molar-refractivity contribution < 1.29 is 9.53 Å². The van der Waals surface area contributed by atoms with Gasteiger partial charge in [-0.2, -0.15) is 10.4 Å². The van der Waals surface area contributed by atoms with E-state index in [9.17, 15) is 10.1 Å². The van der Waals surface area contributed by atoms with E-state index in [0.717, 1.165) is 30.1 Å². The van der Waals surface area contributed by atoms with Gasteiger partial charge in [0.25, 0.3) is 5.91 Å². The molecule has 1 amide bonds. The van der Waals surface area contributed by atoms with Gasteiger partial charge in [-0.05, 0) is 49.5 Å². The van der Waals surface area contributed by atoms with Crippen LogP contribution in [0.1, 0.15) is 5.56 Å². The van der Waals surface area contributed by atoms with Gasteiger partial charge in [-0.1, -0.05) is 18.2 Å². The first kappa shape index (κ1) is 24.1. The third-order valence-electron chi connectivity index (χ3n) is 5.57. The Morgan fingerprint density at radius 3 is 2.33 bits per heavy atom. The van der Waals surface area contributed by atoms with Gasteiger partial charge in [0.05, 0.1) is 18.5 Å². The van der Waals surface area contributed by atoms with Crippen LogP contribution in [0.5, 0.6) is 5.75 Å². The highest BCUT2D eigenvalue weighted by atomic mass is 35.5. The monoisotopic (exact) mass is 463 g/mol. The molecule has 4 rings (SSSR count). The lowest BCUT2D eigenvalue weighted by Crippen LogP contribution is -2.47. The zero-order chi connectivity index (χ0) is 22.5. The number of carbonyl (C=O) groups is 1. The molecule has 0 saturated carbocycles. The summed E-state index contributed by atoms with van der Waals surface area (Å²) in [5.41, 5.74) is 3.27. The number of ether oxygens (including phenoxy) is 1. The Morgan fingerprint density at radius 1 is 1.06 bits per heavy atom. The quantitative estimate of drug-likeness (QED) is 0.426. The lowest BCUT2D eigenvalue weighted by atomic mass is 10.1. The topological polar surface area (TPSA) is 74.4 Å². The fraction of sp³-hybridized carbons (Fsp3) is 0.240. The van der Waals surface area contributed by atoms with Crippen LogP contribution in [0.3, 0.4) is 0 Å². The zero-order valence-electron chi connectivity index (χ0n) is 18.6. The van der Waals surface area contributed by atoms with Crippen molar-refractivity contribution in [3.05, 3.63) is 71.9 Å². The number of piperazine rings is 1. The summed E-state index contributed by atoms with van der Waals surface area (Å²) in [7, 11) is 3.65. The minimum absolute atomic E-state index is 0. The fourth-order valence-corrected chi connectivity index (χ4v) is 3.66. The maximum absolute atomic E-state index is 13.0. The molecule has 1 aliphatic heterocycles. The number of aromatic nitrogens is 2. The molecule has 1 aliphatic rings. The molecule has 0 bridgehead atoms. The number of rotatable bonds is 5. The Hall–Kier alpha value is -3.60. The highest BCUT2D eigenvalue weighted by molar-refractivity contribution is 6.02. The third-order valence-corrected chi connectivity index (χ3v) is 5.57. The maximum atomic E-state index is 13.0. The average molecular weight is 464 g/mol. The van der Waals surface area contributed by atoms with Crippen LogP contribution in [0.15, 0.2) is 66.4 Å². The van der Waals surface area contributed by atoms with Gasteiger partial charge in [-0.25, -0.2) is 4.68 Å². The number of likely N-dealkylation sites (N-methyl/N-ethyl adjacent to an activating group) is 1. The highest BCUT2D eigenvalue weighted by Crippen LogP contribution is 2.27. The van der Waals surface area contributed by atoms with E-state index < -0.39 is 0 Å². The van der Waals surface area contributed by atoms with Crippen LogP contribution in [-0.4, -0.2) is 65.8 Å². The van der Waals surface area contributed by atoms with Gasteiger partial charge in [0.1, 0.15) is 17.4 Å². The standard InChI is InChI=1S/C25H25N5O2.ClH/c1-28-12-14-29(15-13-28)25(31)20(17-26)16-21-18-30(22-6-4-3-5-7-22)27-24(21)19-8-10-23(32-2)11-9-19;/h3-11,16,18H,12-15H2,1-2H3;1H. The molecule has 2 heterocycles. The predicted octanol–water partition coefficient (Wildman–Crippen LogP) is 3.65. The van der Waals surface area contributed by atoms with Crippen molar-refractivity contribution in [1.29, 1.82) is 5.26 Å². The summed E-state index contributed by atoms with van der Waals surface area (Å²) in [5, 5.41) is 14.5. The molecule has 0 atom stereocenters. The molecular formula is C25H26ClN5O2. The molecule has 0 spiro atoms. The molecule has 7 nitrogen and oxygen atoms in total. The molecule has 1 saturated heterocycles. The first-order valence-corrected chi connectivity index (χ1v) is 10.5. The normalized spacial score (nSPS) is 14.3. The van der Waals surface area contributed by atoms with Gasteiger partial charge in [0, 0.05) is 43.5 Å². The van der Waals surface area contributed by atoms with Gasteiger partial charge in [-0.15, -0.1) is 12.4 Å². The van der Waals surface area contributed by atoms with Gasteiger partial charge in [0.2, 0.25) is 0 Å². The molecule has 170 valence electrons. The Kier molecular flexibility index (Phi) is 7.88. The van der Waals surface area contributed by atoms with Gasteiger partial charge < -0.3 is 14.5 Å². The van der Waals surface area contributed by atoms with E-state index in [0.29, 0.717) is 24.3 Å². The van der Waals surface area contributed by atoms with Crippen LogP contribution in [-0.2, 0) is 4.79 Å². The SMILES string of the molecule is COc1ccc(-c2nn(-c3ccccc3)cc2C=C(C#N)C(=O)N2CCN(C)CC2)cc1.Cl. The molecule has 3 aromatic rings. The molecule has 0 radical (unpaired) electrons. The van der Waals surface area contributed by atoms with Crippen LogP contribution in [0, 0.1) is 11.3 Å². The van der Waals surface area contributed by atoms with Crippen molar-refractivity contribution in [3.8, 4) is 28.8 Å². The van der Waals surface area contributed by atoms with E-state index in [-0.39, 0.29) is 23.9 Å². The van der Waals surface area contributed by atoms with Crippen LogP contribution in [0.2, 0.25) is 0 Å². The zero-order valence-corrected chi connectivity index (χ0v) is 19.5. The first-order valence-electron chi connectivity index (χ1n) is 10.5. The lowest BCUT2D eigenvalue weighted by Gasteiger charge is -2.32. The summed E-state index contributed by atoms with van der Waals surface area (Å²) in [6.45, 7) is 2.83. The van der Waals surface area contributed by atoms with E-state index in [1.54, 1.807) is 22.8 Å². The van der Waals surface area contributed by atoms with Gasteiger partial charge in [0.15, 0.2) is 0 Å². The highest BCUT2D eigenvalue weighted by Gasteiger charge is 2.23. The largest absolute Gasteiger partial charge is 0.497 e. The Balaban J connectivity index is 0.00000306. The number of amides is 1. The second-order valence-electron chi connectivity index (χ2n) is 7.71. The van der Waals surface area contributed by atoms with Crippen molar-refractivity contribution in [3.63, 3.8) is 0 Å². The minimum Gasteiger partial charge on any atom is -0.497 e. The smallest absolute Gasteiger partial charge is 0.264 e. The Bertz CT molecular complexity index is 1160. The average Bonchev–Trinajstić information content (AvgIpc) is 3.27. The minimum atomic E-state index is -0.242. The van der Waals surface area contributed by atoms with Crippen molar-refractivity contribution in [1.82, 2.24) is 19.6 Å². The van der Waals surface area contributed by atoms with Crippen LogP contribution >= 0.6 is 12.4 Å². The summed E-state index contributed by atoms with van der Waals surface area (Å²) in [5.74, 6) is 0.505. The number of methoxy groups -OCH3 is 1. The van der Waals surface area contributed by atoms with E-state index >= 15 is 0 Å². The summed E-state index contributed by atoms with van der Waals surface area (Å²) in [6, 6.07) is 19.4. The molecule has 0 aliphatic carbocycles. The van der Waals surface area contributed by atoms with Crippen molar-refractivity contribution in [2.24, 2.45) is 0 Å². The molecule has 0 unspecified atom stereocenters. The molecule has 8 heteroatoms. The molecule has 1 fully saturated rings. The number of nitrogens with zero attached hydrogens (tertiary/aromatic N) is 5. The Labute approximate surface area is 199 Å². The number of hydrogen-bond donors (Lipinski definition) is 0. The molecule has 1 aromatic heterocycles. The number of nitriles is 1. The van der Waals surface area contributed by atoms with Crippen molar-refractivity contribution in [2.45, 2.75) is 0 Å². The summed E-state index contributed by atoms with van der Waals surface area (Å²) >= 11 is 0. The Morgan fingerprint density at radius 2 is 1.73 bits per heavy atom. The lowest BCUT2D eigenvalue weighted by molar-refractivity contribution is -0.128. The number of benzene rings is 2. The van der Waals surface area contributed by atoms with Gasteiger partial charge in [-0.3, -0.25) is 4.79 Å². The second-order valence-corrected chi connectivity index (χ2v) is 7.71. The summed E-state index contributed by atoms with van der Waals surface area (Å²) < 4.78 is 7.03. The van der Waals surface area contributed by atoms with Crippen molar-refractivity contribution in [2.75, 3.05) is 40.3 Å². The maximum Gasteiger partial charge on any atom is 0.264 e. The number of carbonyl (C=O) groups excluding carboxylic acids is 1. The fourth-order valence-electron chi connectivity index (χ4n) is 3.66. The molecular weight excluding hydrogens is 438 g/mol. The predicted molar refractivity (Wildman–Crippen MR) is 130 cm³/mol. The van der Waals surface area contributed by atoms with Crippen LogP contribution < -0.4 is 4.74 Å². The van der Waals surface area contributed by atoms with Crippen LogP contribution in [0.25, 0.3) is 23.0 Å². The summed E-state index contributed by atoms with van der Waals surface area (Å²) in [4.78, 5) is 16.9. The first-order chi connectivity index (χ1) is 15.6. The third kappa shape index (κ3) is 5.43. The number of hydrogen-bond acceptors (Lipinski definition) is 5. The summed E-state index contributed by atoms with van der Waals surface area (Å²) in [6.07, 6.45) is 3.50. The van der Waals surface area contributed by atoms with E-state index in [1.807, 2.05) is 67.8 Å². The van der Waals surface area contributed by atoms with Crippen LogP contribution in [0.4, 0.5) is 0 Å². The van der Waals surface area contributed by atoms with E-state index in [4.69, 9.17) is 9.84 Å². The number of halogens is 1. The van der Waals surface area contributed by atoms with E-state index in [1.165, 1.54) is 0 Å². The van der Waals surface area contributed by atoms with Crippen molar-refractivity contribution >= 4 is 24.4 Å². The number of para-hydroxylation sites is 1.